The number of methoxy groups -OCH3 is 1. The van der Waals surface area contributed by atoms with Crippen LogP contribution in [0.5, 0.6) is 5.88 Å². The Kier molecular flexibility index (Phi) is 4.69. The zero-order valence-electron chi connectivity index (χ0n) is 12.1. The Morgan fingerprint density at radius 3 is 2.45 bits per heavy atom. The fourth-order valence-electron chi connectivity index (χ4n) is 2.01. The van der Waals surface area contributed by atoms with Gasteiger partial charge in [0.2, 0.25) is 5.88 Å². The maximum Gasteiger partial charge on any atom is 0.216 e. The topological polar surface area (TPSA) is 55.2 Å². The third-order valence-electron chi connectivity index (χ3n) is 3.29. The van der Waals surface area contributed by atoms with E-state index in [9.17, 15) is 5.11 Å². The number of benzene rings is 1. The van der Waals surface area contributed by atoms with Crippen LogP contribution in [-0.2, 0) is 6.42 Å². The standard InChI is InChI=1S/C16H20N2O2/c1-11(2)13-6-4-12(5-7-13)8-15(19)14-9-16(20-3)18-10-17-14/h4-7,9-11,15,19H,8H2,1-3H3. The molecule has 1 aromatic heterocycles. The lowest BCUT2D eigenvalue weighted by molar-refractivity contribution is 0.172. The van der Waals surface area contributed by atoms with Crippen LogP contribution in [0.25, 0.3) is 0 Å². The molecule has 1 N–H and O–H groups in total. The van der Waals surface area contributed by atoms with Gasteiger partial charge in [0.25, 0.3) is 0 Å². The summed E-state index contributed by atoms with van der Waals surface area (Å²) in [6.07, 6.45) is 1.27. The molecule has 0 radical (unpaired) electrons. The highest BCUT2D eigenvalue weighted by atomic mass is 16.5. The summed E-state index contributed by atoms with van der Waals surface area (Å²) in [7, 11) is 1.54. The van der Waals surface area contributed by atoms with Crippen LogP contribution in [0.3, 0.4) is 0 Å². The van der Waals surface area contributed by atoms with E-state index in [1.54, 1.807) is 13.2 Å². The molecular formula is C16H20N2O2. The zero-order valence-corrected chi connectivity index (χ0v) is 12.1. The Morgan fingerprint density at radius 2 is 1.85 bits per heavy atom. The van der Waals surface area contributed by atoms with Gasteiger partial charge in [-0.2, -0.15) is 0 Å². The summed E-state index contributed by atoms with van der Waals surface area (Å²) < 4.78 is 5.04. The minimum Gasteiger partial charge on any atom is -0.481 e. The summed E-state index contributed by atoms with van der Waals surface area (Å²) in [5.41, 5.74) is 2.95. The SMILES string of the molecule is COc1cc(C(O)Cc2ccc(C(C)C)cc2)ncn1. The molecule has 0 spiro atoms. The van der Waals surface area contributed by atoms with Gasteiger partial charge in [0.05, 0.1) is 12.8 Å². The fraction of sp³-hybridized carbons (Fsp3) is 0.375. The number of rotatable bonds is 5. The molecule has 0 bridgehead atoms. The molecule has 1 heterocycles. The van der Waals surface area contributed by atoms with Crippen LogP contribution in [-0.4, -0.2) is 22.2 Å². The van der Waals surface area contributed by atoms with E-state index in [-0.39, 0.29) is 0 Å². The molecule has 0 amide bonds. The number of aliphatic hydroxyl groups excluding tert-OH is 1. The lowest BCUT2D eigenvalue weighted by Gasteiger charge is -2.12. The van der Waals surface area contributed by atoms with E-state index >= 15 is 0 Å². The van der Waals surface area contributed by atoms with E-state index in [4.69, 9.17) is 4.74 Å². The minimum absolute atomic E-state index is 0.462. The highest BCUT2D eigenvalue weighted by molar-refractivity contribution is 5.26. The first-order valence-electron chi connectivity index (χ1n) is 6.73. The van der Waals surface area contributed by atoms with Crippen LogP contribution in [0.2, 0.25) is 0 Å². The van der Waals surface area contributed by atoms with Gasteiger partial charge in [0, 0.05) is 12.5 Å². The lowest BCUT2D eigenvalue weighted by atomic mass is 9.99. The summed E-state index contributed by atoms with van der Waals surface area (Å²) in [4.78, 5) is 8.02. The van der Waals surface area contributed by atoms with E-state index in [1.165, 1.54) is 11.9 Å². The van der Waals surface area contributed by atoms with Crippen molar-refractivity contribution in [3.05, 3.63) is 53.5 Å². The Hall–Kier alpha value is -1.94. The second-order valence-electron chi connectivity index (χ2n) is 5.10. The maximum absolute atomic E-state index is 10.2. The quantitative estimate of drug-likeness (QED) is 0.909. The van der Waals surface area contributed by atoms with Gasteiger partial charge in [-0.1, -0.05) is 38.1 Å². The Morgan fingerprint density at radius 1 is 1.15 bits per heavy atom. The Balaban J connectivity index is 2.08. The van der Waals surface area contributed by atoms with Crippen LogP contribution in [0, 0.1) is 0 Å². The molecular weight excluding hydrogens is 252 g/mol. The Bertz CT molecular complexity index is 553. The van der Waals surface area contributed by atoms with Gasteiger partial charge in [-0.05, 0) is 17.0 Å². The van der Waals surface area contributed by atoms with E-state index in [0.717, 1.165) is 5.56 Å². The number of ether oxygens (including phenoxy) is 1. The summed E-state index contributed by atoms with van der Waals surface area (Å²) in [6, 6.07) is 9.97. The molecule has 1 atom stereocenters. The Labute approximate surface area is 119 Å². The molecule has 1 unspecified atom stereocenters. The van der Waals surface area contributed by atoms with E-state index in [1.807, 2.05) is 0 Å². The molecule has 2 aromatic rings. The van der Waals surface area contributed by atoms with Gasteiger partial charge >= 0.3 is 0 Å². The van der Waals surface area contributed by atoms with Crippen molar-refractivity contribution in [1.29, 1.82) is 0 Å². The lowest BCUT2D eigenvalue weighted by Crippen LogP contribution is -2.05. The third-order valence-corrected chi connectivity index (χ3v) is 3.29. The smallest absolute Gasteiger partial charge is 0.216 e. The molecule has 0 aliphatic rings. The van der Waals surface area contributed by atoms with Crippen LogP contribution >= 0.6 is 0 Å². The van der Waals surface area contributed by atoms with Crippen molar-refractivity contribution in [3.8, 4) is 5.88 Å². The van der Waals surface area contributed by atoms with Crippen LogP contribution < -0.4 is 4.74 Å². The van der Waals surface area contributed by atoms with Crippen molar-refractivity contribution < 1.29 is 9.84 Å². The van der Waals surface area contributed by atoms with E-state index in [2.05, 4.69) is 48.1 Å². The largest absolute Gasteiger partial charge is 0.481 e. The van der Waals surface area contributed by atoms with Crippen molar-refractivity contribution in [2.75, 3.05) is 7.11 Å². The molecule has 4 nitrogen and oxygen atoms in total. The first-order valence-corrected chi connectivity index (χ1v) is 6.73. The number of nitrogens with zero attached hydrogens (tertiary/aromatic N) is 2. The zero-order chi connectivity index (χ0) is 14.5. The summed E-state index contributed by atoms with van der Waals surface area (Å²) in [5, 5.41) is 10.2. The van der Waals surface area contributed by atoms with Gasteiger partial charge in [0.1, 0.15) is 12.4 Å². The van der Waals surface area contributed by atoms with Crippen molar-refractivity contribution in [2.24, 2.45) is 0 Å². The average Bonchev–Trinajstić information content (AvgIpc) is 2.47. The van der Waals surface area contributed by atoms with Crippen molar-refractivity contribution in [3.63, 3.8) is 0 Å². The van der Waals surface area contributed by atoms with Crippen molar-refractivity contribution >= 4 is 0 Å². The molecule has 4 heteroatoms. The second-order valence-corrected chi connectivity index (χ2v) is 5.10. The molecule has 0 saturated carbocycles. The predicted octanol–water partition coefficient (Wildman–Crippen LogP) is 2.88. The van der Waals surface area contributed by atoms with Crippen LogP contribution in [0.15, 0.2) is 36.7 Å². The van der Waals surface area contributed by atoms with E-state index in [0.29, 0.717) is 23.9 Å². The van der Waals surface area contributed by atoms with Crippen molar-refractivity contribution in [1.82, 2.24) is 9.97 Å². The molecule has 0 fully saturated rings. The predicted molar refractivity (Wildman–Crippen MR) is 77.8 cm³/mol. The normalized spacial score (nSPS) is 12.4. The molecule has 0 saturated heterocycles. The van der Waals surface area contributed by atoms with Gasteiger partial charge in [-0.3, -0.25) is 0 Å². The highest BCUT2D eigenvalue weighted by Crippen LogP contribution is 2.20. The average molecular weight is 272 g/mol. The van der Waals surface area contributed by atoms with Crippen LogP contribution in [0.4, 0.5) is 0 Å². The molecule has 0 aliphatic heterocycles. The number of aromatic nitrogens is 2. The molecule has 20 heavy (non-hydrogen) atoms. The van der Waals surface area contributed by atoms with Crippen LogP contribution in [0.1, 0.15) is 42.7 Å². The molecule has 106 valence electrons. The van der Waals surface area contributed by atoms with Gasteiger partial charge in [-0.25, -0.2) is 9.97 Å². The van der Waals surface area contributed by atoms with Gasteiger partial charge < -0.3 is 9.84 Å². The summed E-state index contributed by atoms with van der Waals surface area (Å²) in [6.45, 7) is 4.33. The molecule has 1 aromatic carbocycles. The molecule has 0 aliphatic carbocycles. The number of aliphatic hydroxyl groups is 1. The first-order chi connectivity index (χ1) is 9.60. The highest BCUT2D eigenvalue weighted by Gasteiger charge is 2.12. The van der Waals surface area contributed by atoms with Gasteiger partial charge in [0.15, 0.2) is 0 Å². The fourth-order valence-corrected chi connectivity index (χ4v) is 2.01. The first kappa shape index (κ1) is 14.5. The maximum atomic E-state index is 10.2. The minimum atomic E-state index is -0.656. The molecule has 2 rings (SSSR count). The second kappa shape index (κ2) is 6.48. The number of hydrogen-bond donors (Lipinski definition) is 1. The summed E-state index contributed by atoms with van der Waals surface area (Å²) >= 11 is 0. The van der Waals surface area contributed by atoms with Crippen molar-refractivity contribution in [2.45, 2.75) is 32.3 Å². The van der Waals surface area contributed by atoms with E-state index < -0.39 is 6.10 Å². The number of hydrogen-bond acceptors (Lipinski definition) is 4. The monoisotopic (exact) mass is 272 g/mol. The summed E-state index contributed by atoms with van der Waals surface area (Å²) in [5.74, 6) is 0.976. The van der Waals surface area contributed by atoms with Gasteiger partial charge in [-0.15, -0.1) is 0 Å². The third kappa shape index (κ3) is 3.54.